The molecular weight excluding hydrogens is 462 g/mol. The number of ketones is 2. The lowest BCUT2D eigenvalue weighted by Crippen LogP contribution is -2.47. The van der Waals surface area contributed by atoms with E-state index in [1.165, 1.54) is 18.4 Å². The standard InChI is InChI=1S/C25H29N7O4/c1-13(34)9-27-20-6-3-15(10-28-20)19-11-29-32-24(26)22(14(2)35)23(30-25(19)32)16-7-17-4-5-18(8-16)31(17)21(36)12-33/h3,6,10-11,16-18,33H,4-5,7-9,12,26H2,1-2H3,(H,27,28)/t16?,17-,18+. The predicted molar refractivity (Wildman–Crippen MR) is 133 cm³/mol. The van der Waals surface area contributed by atoms with E-state index in [-0.39, 0.29) is 47.8 Å². The zero-order valence-electron chi connectivity index (χ0n) is 20.3. The molecular formula is C25H29N7O4. The molecule has 0 aromatic carbocycles. The summed E-state index contributed by atoms with van der Waals surface area (Å²) in [6.07, 6.45) is 6.38. The van der Waals surface area contributed by atoms with Gasteiger partial charge in [-0.1, -0.05) is 0 Å². The fourth-order valence-electron chi connectivity index (χ4n) is 5.65. The topological polar surface area (TPSA) is 156 Å². The minimum atomic E-state index is -0.496. The number of aliphatic hydroxyl groups excluding tert-OH is 1. The van der Waals surface area contributed by atoms with Crippen molar-refractivity contribution in [3.8, 4) is 11.1 Å². The monoisotopic (exact) mass is 491 g/mol. The van der Waals surface area contributed by atoms with Crippen molar-refractivity contribution in [3.05, 3.63) is 35.8 Å². The number of pyridine rings is 1. The largest absolute Gasteiger partial charge is 0.387 e. The van der Waals surface area contributed by atoms with Gasteiger partial charge >= 0.3 is 0 Å². The number of aliphatic hydroxyl groups is 1. The molecule has 0 saturated carbocycles. The van der Waals surface area contributed by atoms with Crippen molar-refractivity contribution in [1.29, 1.82) is 0 Å². The number of carbonyl (C=O) groups is 3. The summed E-state index contributed by atoms with van der Waals surface area (Å²) >= 11 is 0. The molecule has 11 nitrogen and oxygen atoms in total. The summed E-state index contributed by atoms with van der Waals surface area (Å²) in [5, 5.41) is 16.8. The number of aromatic nitrogens is 4. The quantitative estimate of drug-likeness (QED) is 0.419. The van der Waals surface area contributed by atoms with E-state index < -0.39 is 6.61 Å². The average Bonchev–Trinajstić information content (AvgIpc) is 3.40. The molecule has 2 fully saturated rings. The normalized spacial score (nSPS) is 21.1. The van der Waals surface area contributed by atoms with Crippen LogP contribution < -0.4 is 11.1 Å². The van der Waals surface area contributed by atoms with Crippen LogP contribution in [0.25, 0.3) is 16.8 Å². The lowest BCUT2D eigenvalue weighted by Gasteiger charge is -2.39. The van der Waals surface area contributed by atoms with Crippen molar-refractivity contribution in [2.24, 2.45) is 0 Å². The van der Waals surface area contributed by atoms with E-state index in [0.29, 0.717) is 35.6 Å². The first-order valence-corrected chi connectivity index (χ1v) is 12.1. The Hall–Kier alpha value is -3.86. The third-order valence-corrected chi connectivity index (χ3v) is 7.20. The fourth-order valence-corrected chi connectivity index (χ4v) is 5.65. The summed E-state index contributed by atoms with van der Waals surface area (Å²) < 4.78 is 1.48. The first-order chi connectivity index (χ1) is 17.3. The van der Waals surface area contributed by atoms with Gasteiger partial charge in [0.05, 0.1) is 24.0 Å². The SMILES string of the molecule is CC(=O)CNc1ccc(-c2cnn3c(N)c(C(C)=O)c(C4C[C@H]5CC[C@@H](C4)N5C(=O)CO)nc23)cn1. The fraction of sp³-hybridized carbons (Fsp3) is 0.440. The molecule has 1 amide bonds. The molecule has 3 aromatic rings. The van der Waals surface area contributed by atoms with Crippen LogP contribution in [0.5, 0.6) is 0 Å². The van der Waals surface area contributed by atoms with Crippen LogP contribution in [0.4, 0.5) is 11.6 Å². The Morgan fingerprint density at radius 3 is 2.44 bits per heavy atom. The molecule has 2 saturated heterocycles. The van der Waals surface area contributed by atoms with Crippen molar-refractivity contribution in [3.63, 3.8) is 0 Å². The van der Waals surface area contributed by atoms with Gasteiger partial charge in [0.25, 0.3) is 0 Å². The second-order valence-electron chi connectivity index (χ2n) is 9.61. The molecule has 4 N–H and O–H groups in total. The van der Waals surface area contributed by atoms with Crippen LogP contribution >= 0.6 is 0 Å². The highest BCUT2D eigenvalue weighted by Gasteiger charge is 2.44. The van der Waals surface area contributed by atoms with Gasteiger partial charge in [-0.3, -0.25) is 14.4 Å². The Morgan fingerprint density at radius 2 is 1.86 bits per heavy atom. The van der Waals surface area contributed by atoms with Crippen LogP contribution in [-0.2, 0) is 9.59 Å². The van der Waals surface area contributed by atoms with E-state index in [1.807, 2.05) is 11.0 Å². The van der Waals surface area contributed by atoms with Crippen LogP contribution in [0.1, 0.15) is 61.5 Å². The predicted octanol–water partition coefficient (Wildman–Crippen LogP) is 1.81. The molecule has 2 aliphatic heterocycles. The number of amides is 1. The molecule has 3 atom stereocenters. The number of rotatable bonds is 7. The van der Waals surface area contributed by atoms with Gasteiger partial charge in [0.2, 0.25) is 5.91 Å². The highest BCUT2D eigenvalue weighted by atomic mass is 16.3. The first kappa shape index (κ1) is 23.9. The van der Waals surface area contributed by atoms with E-state index in [9.17, 15) is 19.5 Å². The van der Waals surface area contributed by atoms with Gasteiger partial charge in [-0.05, 0) is 51.7 Å². The number of nitrogens with zero attached hydrogens (tertiary/aromatic N) is 5. The number of carbonyl (C=O) groups excluding carboxylic acids is 3. The number of nitrogens with two attached hydrogens (primary N) is 1. The lowest BCUT2D eigenvalue weighted by molar-refractivity contribution is -0.138. The molecule has 1 unspecified atom stereocenters. The van der Waals surface area contributed by atoms with Crippen LogP contribution in [0.3, 0.4) is 0 Å². The molecule has 0 radical (unpaired) electrons. The summed E-state index contributed by atoms with van der Waals surface area (Å²) in [4.78, 5) is 47.3. The van der Waals surface area contributed by atoms with Gasteiger partial charge in [0, 0.05) is 35.3 Å². The summed E-state index contributed by atoms with van der Waals surface area (Å²) in [5.41, 5.74) is 9.50. The minimum absolute atomic E-state index is 0.0103. The van der Waals surface area contributed by atoms with Gasteiger partial charge in [-0.25, -0.2) is 9.97 Å². The van der Waals surface area contributed by atoms with E-state index in [2.05, 4.69) is 15.4 Å². The number of nitrogen functional groups attached to an aromatic ring is 1. The van der Waals surface area contributed by atoms with Gasteiger partial charge in [-0.2, -0.15) is 9.61 Å². The number of Topliss-reactive ketones (excluding diaryl/α,β-unsaturated/α-hetero) is 2. The Bertz CT molecular complexity index is 1340. The average molecular weight is 492 g/mol. The van der Waals surface area contributed by atoms with Gasteiger partial charge in [-0.15, -0.1) is 0 Å². The van der Waals surface area contributed by atoms with Crippen LogP contribution in [0.15, 0.2) is 24.5 Å². The summed E-state index contributed by atoms with van der Waals surface area (Å²) in [6, 6.07) is 3.66. The smallest absolute Gasteiger partial charge is 0.248 e. The highest BCUT2D eigenvalue weighted by molar-refractivity contribution is 6.00. The molecule has 188 valence electrons. The lowest BCUT2D eigenvalue weighted by atomic mass is 9.85. The molecule has 5 heterocycles. The second kappa shape index (κ2) is 9.30. The number of piperidine rings is 1. The van der Waals surface area contributed by atoms with Crippen molar-refractivity contribution in [2.75, 3.05) is 24.2 Å². The highest BCUT2D eigenvalue weighted by Crippen LogP contribution is 2.44. The molecule has 2 bridgehead atoms. The number of anilines is 2. The van der Waals surface area contributed by atoms with Crippen LogP contribution in [0, 0.1) is 0 Å². The molecule has 11 heteroatoms. The van der Waals surface area contributed by atoms with Gasteiger partial charge in [0.15, 0.2) is 11.4 Å². The Balaban J connectivity index is 1.53. The maximum Gasteiger partial charge on any atom is 0.248 e. The molecule has 5 rings (SSSR count). The number of hydrogen-bond donors (Lipinski definition) is 3. The zero-order chi connectivity index (χ0) is 25.6. The van der Waals surface area contributed by atoms with E-state index in [0.717, 1.165) is 24.0 Å². The van der Waals surface area contributed by atoms with Crippen molar-refractivity contribution >= 4 is 34.8 Å². The Labute approximate surface area is 207 Å². The van der Waals surface area contributed by atoms with Gasteiger partial charge in [0.1, 0.15) is 24.0 Å². The van der Waals surface area contributed by atoms with E-state index in [1.54, 1.807) is 18.5 Å². The summed E-state index contributed by atoms with van der Waals surface area (Å²) in [5.74, 6) is 0.354. The van der Waals surface area contributed by atoms with E-state index >= 15 is 0 Å². The Kier molecular flexibility index (Phi) is 6.17. The van der Waals surface area contributed by atoms with Crippen molar-refractivity contribution in [2.45, 2.75) is 57.5 Å². The number of hydrogen-bond acceptors (Lipinski definition) is 9. The number of nitrogens with one attached hydrogen (secondary N) is 1. The van der Waals surface area contributed by atoms with Crippen LogP contribution in [-0.4, -0.2) is 72.3 Å². The maximum atomic E-state index is 12.7. The third kappa shape index (κ3) is 4.09. The number of fused-ring (bicyclic) bond motifs is 3. The van der Waals surface area contributed by atoms with Crippen LogP contribution in [0.2, 0.25) is 0 Å². The Morgan fingerprint density at radius 1 is 1.14 bits per heavy atom. The van der Waals surface area contributed by atoms with Crippen molar-refractivity contribution in [1.82, 2.24) is 24.5 Å². The second-order valence-corrected chi connectivity index (χ2v) is 9.61. The minimum Gasteiger partial charge on any atom is -0.387 e. The first-order valence-electron chi connectivity index (χ1n) is 12.1. The molecule has 0 spiro atoms. The molecule has 0 aliphatic carbocycles. The maximum absolute atomic E-state index is 12.7. The molecule has 36 heavy (non-hydrogen) atoms. The van der Waals surface area contributed by atoms with E-state index in [4.69, 9.17) is 10.7 Å². The van der Waals surface area contributed by atoms with Gasteiger partial charge < -0.3 is 21.1 Å². The third-order valence-electron chi connectivity index (χ3n) is 7.20. The molecule has 3 aromatic heterocycles. The summed E-state index contributed by atoms with van der Waals surface area (Å²) in [7, 11) is 0. The van der Waals surface area contributed by atoms with Crippen molar-refractivity contribution < 1.29 is 19.5 Å². The summed E-state index contributed by atoms with van der Waals surface area (Å²) in [6.45, 7) is 2.68. The zero-order valence-corrected chi connectivity index (χ0v) is 20.3. The molecule has 2 aliphatic rings.